The van der Waals surface area contributed by atoms with Gasteiger partial charge in [-0.05, 0) is 80.6 Å². The first-order chi connectivity index (χ1) is 14.2. The zero-order chi connectivity index (χ0) is 21.9. The van der Waals surface area contributed by atoms with Crippen LogP contribution in [0, 0.1) is 13.8 Å². The van der Waals surface area contributed by atoms with Crippen LogP contribution in [0.4, 0.5) is 17.1 Å². The average molecular weight is 430 g/mol. The van der Waals surface area contributed by atoms with Crippen molar-refractivity contribution in [3.05, 3.63) is 53.6 Å². The molecule has 0 radical (unpaired) electrons. The molecule has 0 saturated carbocycles. The first kappa shape index (κ1) is 22.2. The highest BCUT2D eigenvalue weighted by Gasteiger charge is 2.31. The Morgan fingerprint density at radius 2 is 1.63 bits per heavy atom. The Morgan fingerprint density at radius 3 is 2.13 bits per heavy atom. The van der Waals surface area contributed by atoms with Gasteiger partial charge in [0.15, 0.2) is 0 Å². The van der Waals surface area contributed by atoms with Crippen molar-refractivity contribution in [1.29, 1.82) is 0 Å². The van der Waals surface area contributed by atoms with Crippen molar-refractivity contribution in [2.24, 2.45) is 0 Å². The third kappa shape index (κ3) is 5.14. The highest BCUT2D eigenvalue weighted by Crippen LogP contribution is 2.27. The zero-order valence-electron chi connectivity index (χ0n) is 18.2. The third-order valence-corrected chi connectivity index (χ3v) is 6.58. The summed E-state index contributed by atoms with van der Waals surface area (Å²) in [6, 6.07) is 12.5. The number of hydrogen-bond donors (Lipinski definition) is 1. The highest BCUT2D eigenvalue weighted by molar-refractivity contribution is 7.92. The van der Waals surface area contributed by atoms with E-state index in [-0.39, 0.29) is 5.91 Å². The minimum atomic E-state index is -3.65. The van der Waals surface area contributed by atoms with E-state index in [0.29, 0.717) is 17.8 Å². The summed E-state index contributed by atoms with van der Waals surface area (Å²) in [7, 11) is -3.65. The number of carbonyl (C=O) groups is 1. The second-order valence-electron chi connectivity index (χ2n) is 8.06. The van der Waals surface area contributed by atoms with Crippen molar-refractivity contribution in [2.45, 2.75) is 46.1 Å². The Bertz CT molecular complexity index is 977. The lowest BCUT2D eigenvalue weighted by Gasteiger charge is -2.30. The van der Waals surface area contributed by atoms with Crippen LogP contribution in [-0.2, 0) is 14.8 Å². The van der Waals surface area contributed by atoms with Gasteiger partial charge in [-0.1, -0.05) is 13.0 Å². The Hall–Kier alpha value is -2.54. The lowest BCUT2D eigenvalue weighted by atomic mass is 10.1. The molecule has 0 aliphatic carbocycles. The van der Waals surface area contributed by atoms with Gasteiger partial charge in [-0.2, -0.15) is 0 Å². The number of hydrogen-bond acceptors (Lipinski definition) is 4. The molecule has 1 aliphatic rings. The second kappa shape index (κ2) is 9.08. The second-order valence-corrected chi connectivity index (χ2v) is 9.92. The van der Waals surface area contributed by atoms with E-state index >= 15 is 0 Å². The van der Waals surface area contributed by atoms with Gasteiger partial charge >= 0.3 is 0 Å². The lowest BCUT2D eigenvalue weighted by Crippen LogP contribution is -2.47. The predicted molar refractivity (Wildman–Crippen MR) is 124 cm³/mol. The molecule has 2 aromatic carbocycles. The predicted octanol–water partition coefficient (Wildman–Crippen LogP) is 4.09. The number of rotatable bonds is 7. The Kier molecular flexibility index (Phi) is 6.71. The topological polar surface area (TPSA) is 69.7 Å². The molecule has 7 heteroatoms. The summed E-state index contributed by atoms with van der Waals surface area (Å²) < 4.78 is 26.5. The number of nitrogens with zero attached hydrogens (tertiary/aromatic N) is 2. The van der Waals surface area contributed by atoms with Gasteiger partial charge in [0.25, 0.3) is 0 Å². The number of benzene rings is 2. The SMILES string of the molecule is CCC(C(=O)Nc1ccc(N2CCCC2)cc1)N(c1cc(C)cc(C)c1)S(C)(=O)=O. The van der Waals surface area contributed by atoms with Gasteiger partial charge < -0.3 is 10.2 Å². The van der Waals surface area contributed by atoms with Gasteiger partial charge in [-0.3, -0.25) is 9.10 Å². The molecule has 0 aromatic heterocycles. The van der Waals surface area contributed by atoms with E-state index < -0.39 is 16.1 Å². The number of sulfonamides is 1. The number of nitrogens with one attached hydrogen (secondary N) is 1. The van der Waals surface area contributed by atoms with Crippen molar-refractivity contribution >= 4 is 33.0 Å². The molecule has 1 fully saturated rings. The fraction of sp³-hybridized carbons (Fsp3) is 0.435. The summed E-state index contributed by atoms with van der Waals surface area (Å²) in [6.45, 7) is 7.77. The van der Waals surface area contributed by atoms with Crippen LogP contribution < -0.4 is 14.5 Å². The summed E-state index contributed by atoms with van der Waals surface area (Å²) in [5.74, 6) is -0.337. The quantitative estimate of drug-likeness (QED) is 0.720. The summed E-state index contributed by atoms with van der Waals surface area (Å²) in [5, 5.41) is 2.90. The molecule has 1 amide bonds. The molecule has 0 bridgehead atoms. The summed E-state index contributed by atoms with van der Waals surface area (Å²) in [5.41, 5.74) is 4.22. The maximum Gasteiger partial charge on any atom is 0.248 e. The minimum Gasteiger partial charge on any atom is -0.372 e. The molecular formula is C23H31N3O3S. The normalized spacial score (nSPS) is 15.1. The summed E-state index contributed by atoms with van der Waals surface area (Å²) in [6.07, 6.45) is 3.91. The van der Waals surface area contributed by atoms with Gasteiger partial charge in [0.05, 0.1) is 11.9 Å². The molecule has 1 N–H and O–H groups in total. The largest absolute Gasteiger partial charge is 0.372 e. The van der Waals surface area contributed by atoms with Crippen LogP contribution in [0.1, 0.15) is 37.3 Å². The summed E-state index contributed by atoms with van der Waals surface area (Å²) in [4.78, 5) is 15.4. The Labute approximate surface area is 179 Å². The average Bonchev–Trinajstić information content (AvgIpc) is 3.19. The van der Waals surface area contributed by atoms with E-state index in [2.05, 4.69) is 10.2 Å². The number of amides is 1. The lowest BCUT2D eigenvalue weighted by molar-refractivity contribution is -0.117. The van der Waals surface area contributed by atoms with Crippen LogP contribution >= 0.6 is 0 Å². The number of aryl methyl sites for hydroxylation is 2. The van der Waals surface area contributed by atoms with E-state index in [1.54, 1.807) is 12.1 Å². The Morgan fingerprint density at radius 1 is 1.07 bits per heavy atom. The molecule has 162 valence electrons. The van der Waals surface area contributed by atoms with Gasteiger partial charge in [-0.25, -0.2) is 8.42 Å². The molecule has 6 nitrogen and oxygen atoms in total. The van der Waals surface area contributed by atoms with Crippen molar-refractivity contribution in [3.63, 3.8) is 0 Å². The van der Waals surface area contributed by atoms with Gasteiger partial charge in [0, 0.05) is 24.5 Å². The first-order valence-corrected chi connectivity index (χ1v) is 12.3. The van der Waals surface area contributed by atoms with E-state index in [9.17, 15) is 13.2 Å². The monoisotopic (exact) mass is 429 g/mol. The molecule has 0 spiro atoms. The number of anilines is 3. The summed E-state index contributed by atoms with van der Waals surface area (Å²) >= 11 is 0. The first-order valence-electron chi connectivity index (χ1n) is 10.4. The van der Waals surface area contributed by atoms with E-state index in [0.717, 1.165) is 36.2 Å². The van der Waals surface area contributed by atoms with E-state index in [1.807, 2.05) is 51.1 Å². The van der Waals surface area contributed by atoms with Gasteiger partial charge in [0.1, 0.15) is 6.04 Å². The Balaban J connectivity index is 1.83. The molecule has 1 heterocycles. The van der Waals surface area contributed by atoms with Crippen LogP contribution in [0.25, 0.3) is 0 Å². The molecule has 1 saturated heterocycles. The highest BCUT2D eigenvalue weighted by atomic mass is 32.2. The third-order valence-electron chi connectivity index (χ3n) is 5.40. The van der Waals surface area contributed by atoms with E-state index in [4.69, 9.17) is 0 Å². The van der Waals surface area contributed by atoms with Crippen LogP contribution in [0.2, 0.25) is 0 Å². The standard InChI is InChI=1S/C23H31N3O3S/c1-5-22(26(30(4,28)29)21-15-17(2)14-18(3)16-21)23(27)24-19-8-10-20(11-9-19)25-12-6-7-13-25/h8-11,14-16,22H,5-7,12-13H2,1-4H3,(H,24,27). The van der Waals surface area contributed by atoms with Crippen molar-refractivity contribution < 1.29 is 13.2 Å². The molecule has 1 atom stereocenters. The van der Waals surface area contributed by atoms with Crippen LogP contribution in [-0.4, -0.2) is 39.7 Å². The van der Waals surface area contributed by atoms with E-state index in [1.165, 1.54) is 17.1 Å². The minimum absolute atomic E-state index is 0.337. The molecular weight excluding hydrogens is 398 g/mol. The maximum absolute atomic E-state index is 13.1. The fourth-order valence-electron chi connectivity index (χ4n) is 4.09. The van der Waals surface area contributed by atoms with Crippen LogP contribution in [0.3, 0.4) is 0 Å². The van der Waals surface area contributed by atoms with Crippen molar-refractivity contribution in [1.82, 2.24) is 0 Å². The molecule has 1 unspecified atom stereocenters. The molecule has 3 rings (SSSR count). The maximum atomic E-state index is 13.1. The van der Waals surface area contributed by atoms with Gasteiger partial charge in [0.2, 0.25) is 15.9 Å². The molecule has 2 aromatic rings. The van der Waals surface area contributed by atoms with Crippen molar-refractivity contribution in [2.75, 3.05) is 33.9 Å². The molecule has 30 heavy (non-hydrogen) atoms. The zero-order valence-corrected chi connectivity index (χ0v) is 19.0. The smallest absolute Gasteiger partial charge is 0.248 e. The number of carbonyl (C=O) groups excluding carboxylic acids is 1. The van der Waals surface area contributed by atoms with Crippen molar-refractivity contribution in [3.8, 4) is 0 Å². The fourth-order valence-corrected chi connectivity index (χ4v) is 5.29. The van der Waals surface area contributed by atoms with Gasteiger partial charge in [-0.15, -0.1) is 0 Å². The van der Waals surface area contributed by atoms with Crippen LogP contribution in [0.5, 0.6) is 0 Å². The van der Waals surface area contributed by atoms with Crippen LogP contribution in [0.15, 0.2) is 42.5 Å². The molecule has 1 aliphatic heterocycles.